The smallest absolute Gasteiger partial charge is 0.251 e. The lowest BCUT2D eigenvalue weighted by atomic mass is 10.1. The van der Waals surface area contributed by atoms with Gasteiger partial charge in [-0.25, -0.2) is 9.37 Å². The highest BCUT2D eigenvalue weighted by molar-refractivity contribution is 5.25. The SMILES string of the molecule is CC(Oc1nccc(CNC2CC2)c1F)c1ccccc1. The zero-order chi connectivity index (χ0) is 14.7. The molecule has 1 saturated carbocycles. The van der Waals surface area contributed by atoms with Crippen LogP contribution < -0.4 is 10.1 Å². The number of rotatable bonds is 6. The van der Waals surface area contributed by atoms with Crippen LogP contribution >= 0.6 is 0 Å². The number of hydrogen-bond donors (Lipinski definition) is 1. The zero-order valence-corrected chi connectivity index (χ0v) is 12.1. The number of nitrogens with zero attached hydrogens (tertiary/aromatic N) is 1. The van der Waals surface area contributed by atoms with Crippen LogP contribution in [0.3, 0.4) is 0 Å². The van der Waals surface area contributed by atoms with E-state index in [1.165, 1.54) is 12.8 Å². The molecule has 1 aromatic heterocycles. The van der Waals surface area contributed by atoms with E-state index in [1.807, 2.05) is 37.3 Å². The number of hydrogen-bond acceptors (Lipinski definition) is 3. The molecular weight excluding hydrogens is 267 g/mol. The topological polar surface area (TPSA) is 34.1 Å². The van der Waals surface area contributed by atoms with Crippen LogP contribution in [-0.2, 0) is 6.54 Å². The Labute approximate surface area is 124 Å². The van der Waals surface area contributed by atoms with Gasteiger partial charge < -0.3 is 10.1 Å². The van der Waals surface area contributed by atoms with Gasteiger partial charge in [0.1, 0.15) is 6.10 Å². The van der Waals surface area contributed by atoms with Gasteiger partial charge in [0.25, 0.3) is 5.88 Å². The molecule has 2 aromatic rings. The lowest BCUT2D eigenvalue weighted by molar-refractivity contribution is 0.205. The van der Waals surface area contributed by atoms with E-state index in [2.05, 4.69) is 10.3 Å². The normalized spacial score (nSPS) is 15.7. The molecule has 21 heavy (non-hydrogen) atoms. The van der Waals surface area contributed by atoms with E-state index >= 15 is 0 Å². The van der Waals surface area contributed by atoms with E-state index in [1.54, 1.807) is 12.3 Å². The minimum Gasteiger partial charge on any atom is -0.468 e. The number of halogens is 1. The summed E-state index contributed by atoms with van der Waals surface area (Å²) in [5.74, 6) is -0.296. The summed E-state index contributed by atoms with van der Waals surface area (Å²) in [5, 5.41) is 3.30. The van der Waals surface area contributed by atoms with E-state index in [-0.39, 0.29) is 17.8 Å². The van der Waals surface area contributed by atoms with Gasteiger partial charge in [-0.1, -0.05) is 30.3 Å². The third-order valence-electron chi connectivity index (χ3n) is 3.65. The summed E-state index contributed by atoms with van der Waals surface area (Å²) in [7, 11) is 0. The van der Waals surface area contributed by atoms with Crippen LogP contribution in [0.2, 0.25) is 0 Å². The monoisotopic (exact) mass is 286 g/mol. The summed E-state index contributed by atoms with van der Waals surface area (Å²) in [6, 6.07) is 12.0. The van der Waals surface area contributed by atoms with Crippen LogP contribution in [0.25, 0.3) is 0 Å². The van der Waals surface area contributed by atoms with Crippen LogP contribution in [0.15, 0.2) is 42.6 Å². The number of pyridine rings is 1. The van der Waals surface area contributed by atoms with Crippen molar-refractivity contribution in [1.82, 2.24) is 10.3 Å². The fraction of sp³-hybridized carbons (Fsp3) is 0.353. The summed E-state index contributed by atoms with van der Waals surface area (Å²) in [6.45, 7) is 2.42. The van der Waals surface area contributed by atoms with Gasteiger partial charge in [0, 0.05) is 24.3 Å². The second-order valence-corrected chi connectivity index (χ2v) is 5.42. The molecular formula is C17H19FN2O. The van der Waals surface area contributed by atoms with Crippen molar-refractivity contribution < 1.29 is 9.13 Å². The highest BCUT2D eigenvalue weighted by atomic mass is 19.1. The van der Waals surface area contributed by atoms with Crippen molar-refractivity contribution in [3.05, 3.63) is 59.5 Å². The predicted molar refractivity (Wildman–Crippen MR) is 79.5 cm³/mol. The summed E-state index contributed by atoms with van der Waals surface area (Å²) in [6.07, 6.45) is 3.72. The molecule has 1 atom stereocenters. The molecule has 1 aliphatic carbocycles. The van der Waals surface area contributed by atoms with E-state index in [0.717, 1.165) is 5.56 Å². The van der Waals surface area contributed by atoms with Crippen molar-refractivity contribution in [2.24, 2.45) is 0 Å². The Hall–Kier alpha value is -1.94. The van der Waals surface area contributed by atoms with Gasteiger partial charge in [0.2, 0.25) is 0 Å². The Morgan fingerprint density at radius 1 is 1.29 bits per heavy atom. The minimum absolute atomic E-state index is 0.0708. The van der Waals surface area contributed by atoms with Gasteiger partial charge in [0.15, 0.2) is 5.82 Å². The fourth-order valence-corrected chi connectivity index (χ4v) is 2.18. The number of nitrogens with one attached hydrogen (secondary N) is 1. The van der Waals surface area contributed by atoms with Gasteiger partial charge in [-0.05, 0) is 31.4 Å². The summed E-state index contributed by atoms with van der Waals surface area (Å²) >= 11 is 0. The third-order valence-corrected chi connectivity index (χ3v) is 3.65. The maximum absolute atomic E-state index is 14.4. The third kappa shape index (κ3) is 3.58. The molecule has 1 aromatic carbocycles. The Morgan fingerprint density at radius 3 is 2.76 bits per heavy atom. The van der Waals surface area contributed by atoms with Crippen molar-refractivity contribution in [3.8, 4) is 5.88 Å². The molecule has 1 unspecified atom stereocenters. The molecule has 4 heteroatoms. The Bertz CT molecular complexity index is 599. The highest BCUT2D eigenvalue weighted by Gasteiger charge is 2.21. The van der Waals surface area contributed by atoms with E-state index < -0.39 is 0 Å². The van der Waals surface area contributed by atoms with Crippen LogP contribution in [-0.4, -0.2) is 11.0 Å². The van der Waals surface area contributed by atoms with Gasteiger partial charge in [-0.3, -0.25) is 0 Å². The highest BCUT2D eigenvalue weighted by Crippen LogP contribution is 2.25. The maximum atomic E-state index is 14.4. The quantitative estimate of drug-likeness (QED) is 0.880. The first kappa shape index (κ1) is 14.0. The largest absolute Gasteiger partial charge is 0.468 e. The van der Waals surface area contributed by atoms with Gasteiger partial charge in [0.05, 0.1) is 0 Å². The van der Waals surface area contributed by atoms with E-state index in [0.29, 0.717) is 18.2 Å². The van der Waals surface area contributed by atoms with Gasteiger partial charge >= 0.3 is 0 Å². The number of ether oxygens (including phenoxy) is 1. The average Bonchev–Trinajstić information content (AvgIpc) is 3.33. The van der Waals surface area contributed by atoms with Gasteiger partial charge in [-0.15, -0.1) is 0 Å². The molecule has 1 aliphatic rings. The van der Waals surface area contributed by atoms with Crippen molar-refractivity contribution in [1.29, 1.82) is 0 Å². The molecule has 0 radical (unpaired) electrons. The minimum atomic E-state index is -0.367. The number of benzene rings is 1. The molecule has 3 rings (SSSR count). The maximum Gasteiger partial charge on any atom is 0.251 e. The molecule has 0 saturated heterocycles. The molecule has 0 spiro atoms. The predicted octanol–water partition coefficient (Wildman–Crippen LogP) is 3.61. The van der Waals surface area contributed by atoms with Crippen LogP contribution in [0.5, 0.6) is 5.88 Å². The van der Waals surface area contributed by atoms with Crippen LogP contribution in [0, 0.1) is 5.82 Å². The molecule has 1 fully saturated rings. The molecule has 0 bridgehead atoms. The summed E-state index contributed by atoms with van der Waals surface area (Å²) in [4.78, 5) is 4.02. The lowest BCUT2D eigenvalue weighted by Gasteiger charge is -2.15. The van der Waals surface area contributed by atoms with Crippen molar-refractivity contribution in [3.63, 3.8) is 0 Å². The number of aromatic nitrogens is 1. The van der Waals surface area contributed by atoms with Crippen molar-refractivity contribution in [2.45, 2.75) is 38.5 Å². The molecule has 1 N–H and O–H groups in total. The molecule has 0 amide bonds. The van der Waals surface area contributed by atoms with Crippen molar-refractivity contribution in [2.75, 3.05) is 0 Å². The summed E-state index contributed by atoms with van der Waals surface area (Å²) in [5.41, 5.74) is 1.60. The summed E-state index contributed by atoms with van der Waals surface area (Å²) < 4.78 is 20.1. The standard InChI is InChI=1S/C17H19FN2O/c1-12(13-5-3-2-4-6-13)21-17-16(18)14(9-10-19-17)11-20-15-7-8-15/h2-6,9-10,12,15,20H,7-8,11H2,1H3. The first-order valence-corrected chi connectivity index (χ1v) is 7.32. The molecule has 110 valence electrons. The van der Waals surface area contributed by atoms with Gasteiger partial charge in [-0.2, -0.15) is 0 Å². The zero-order valence-electron chi connectivity index (χ0n) is 12.1. The van der Waals surface area contributed by atoms with E-state index in [4.69, 9.17) is 4.74 Å². The Kier molecular flexibility index (Phi) is 4.15. The molecule has 1 heterocycles. The van der Waals surface area contributed by atoms with Crippen LogP contribution in [0.4, 0.5) is 4.39 Å². The lowest BCUT2D eigenvalue weighted by Crippen LogP contribution is -2.17. The first-order valence-electron chi connectivity index (χ1n) is 7.32. The first-order chi connectivity index (χ1) is 10.2. The molecule has 3 nitrogen and oxygen atoms in total. The fourth-order valence-electron chi connectivity index (χ4n) is 2.18. The van der Waals surface area contributed by atoms with Crippen molar-refractivity contribution >= 4 is 0 Å². The second kappa shape index (κ2) is 6.22. The van der Waals surface area contributed by atoms with E-state index in [9.17, 15) is 4.39 Å². The van der Waals surface area contributed by atoms with Crippen LogP contribution in [0.1, 0.15) is 37.0 Å². The Morgan fingerprint density at radius 2 is 2.05 bits per heavy atom. The average molecular weight is 286 g/mol. The molecule has 0 aliphatic heterocycles. The Balaban J connectivity index is 1.70. The second-order valence-electron chi connectivity index (χ2n) is 5.42.